The predicted molar refractivity (Wildman–Crippen MR) is 114 cm³/mol. The maximum atomic E-state index is 5.46. The minimum Gasteiger partial charge on any atom is -0.378 e. The number of nitrogens with zero attached hydrogens (tertiary/aromatic N) is 3. The number of ether oxygens (including phenoxy) is 1. The summed E-state index contributed by atoms with van der Waals surface area (Å²) in [5.74, 6) is 1.82. The lowest BCUT2D eigenvalue weighted by Gasteiger charge is -2.30. The molecule has 0 spiro atoms. The van der Waals surface area contributed by atoms with Crippen molar-refractivity contribution in [2.24, 2.45) is 0 Å². The van der Waals surface area contributed by atoms with Gasteiger partial charge in [-0.3, -0.25) is 0 Å². The molecule has 1 aliphatic heterocycles. The molecule has 1 fully saturated rings. The van der Waals surface area contributed by atoms with Crippen molar-refractivity contribution in [2.75, 3.05) is 31.2 Å². The zero-order chi connectivity index (χ0) is 18.0. The molecule has 0 saturated carbocycles. The summed E-state index contributed by atoms with van der Waals surface area (Å²) in [6.07, 6.45) is 0. The van der Waals surface area contributed by atoms with E-state index in [2.05, 4.69) is 66.5 Å². The Kier molecular flexibility index (Phi) is 6.00. The number of hydrogen-bond donors (Lipinski definition) is 0. The summed E-state index contributed by atoms with van der Waals surface area (Å²) in [6, 6.07) is 8.67. The zero-order valence-corrected chi connectivity index (χ0v) is 18.1. The van der Waals surface area contributed by atoms with Gasteiger partial charge >= 0.3 is 0 Å². The Morgan fingerprint density at radius 1 is 1.04 bits per heavy atom. The van der Waals surface area contributed by atoms with Gasteiger partial charge in [-0.1, -0.05) is 0 Å². The lowest BCUT2D eigenvalue weighted by molar-refractivity contribution is 0.122. The summed E-state index contributed by atoms with van der Waals surface area (Å²) in [6.45, 7) is 9.70. The van der Waals surface area contributed by atoms with Crippen LogP contribution in [0.4, 0.5) is 5.82 Å². The topological polar surface area (TPSA) is 38.2 Å². The molecule has 2 unspecified atom stereocenters. The predicted octanol–water partition coefficient (Wildman–Crippen LogP) is 2.65. The van der Waals surface area contributed by atoms with Crippen LogP contribution in [0.2, 0.25) is 0 Å². The maximum absolute atomic E-state index is 5.46. The molecule has 0 bridgehead atoms. The number of benzene rings is 1. The third kappa shape index (κ3) is 4.92. The van der Waals surface area contributed by atoms with Crippen molar-refractivity contribution in [3.63, 3.8) is 0 Å². The fourth-order valence-corrected chi connectivity index (χ4v) is 5.23. The van der Waals surface area contributed by atoms with Crippen LogP contribution < -0.4 is 15.5 Å². The third-order valence-corrected chi connectivity index (χ3v) is 5.96. The van der Waals surface area contributed by atoms with Gasteiger partial charge in [0, 0.05) is 24.1 Å². The van der Waals surface area contributed by atoms with Gasteiger partial charge in [0.15, 0.2) is 0 Å². The molecule has 7 heteroatoms. The lowest BCUT2D eigenvalue weighted by atomic mass is 10.1. The highest BCUT2D eigenvalue weighted by molar-refractivity contribution is 8.00. The van der Waals surface area contributed by atoms with Crippen LogP contribution in [-0.2, 0) is 9.48 Å². The van der Waals surface area contributed by atoms with Crippen molar-refractivity contribution in [1.82, 2.24) is 9.97 Å². The summed E-state index contributed by atoms with van der Waals surface area (Å²) >= 11 is 1.83. The number of aryl methyl sites for hydroxylation is 1. The summed E-state index contributed by atoms with van der Waals surface area (Å²) in [5, 5.41) is 2.39. The monoisotopic (exact) mass is 393 g/mol. The molecular weight excluding hydrogens is 368 g/mol. The molecule has 0 radical (unpaired) electrons. The zero-order valence-electron chi connectivity index (χ0n) is 15.0. The quantitative estimate of drug-likeness (QED) is 0.590. The van der Waals surface area contributed by atoms with Crippen molar-refractivity contribution in [3.05, 3.63) is 35.8 Å². The third-order valence-electron chi connectivity index (χ3n) is 4.10. The van der Waals surface area contributed by atoms with E-state index in [-0.39, 0.29) is 4.75 Å². The Balaban J connectivity index is 1.89. The molecule has 4 nitrogen and oxygen atoms in total. The molecule has 134 valence electrons. The highest BCUT2D eigenvalue weighted by atomic mass is 32.2. The van der Waals surface area contributed by atoms with Gasteiger partial charge in [-0.25, -0.2) is 9.97 Å². The summed E-state index contributed by atoms with van der Waals surface area (Å²) in [5.41, 5.74) is 1.06. The van der Waals surface area contributed by atoms with Gasteiger partial charge < -0.3 is 9.64 Å². The van der Waals surface area contributed by atoms with Crippen molar-refractivity contribution >= 4 is 46.7 Å². The van der Waals surface area contributed by atoms with Crippen LogP contribution in [0.1, 0.15) is 25.4 Å². The average Bonchev–Trinajstić information content (AvgIpc) is 2.53. The SMILES string of the molecule is Cc1nc(N2CCOCC2)cc(C(C)(C)Sc2cc(P)cc(P)c2)n1. The van der Waals surface area contributed by atoms with Crippen molar-refractivity contribution < 1.29 is 4.74 Å². The number of hydrogen-bond acceptors (Lipinski definition) is 5. The van der Waals surface area contributed by atoms with E-state index >= 15 is 0 Å². The van der Waals surface area contributed by atoms with Gasteiger partial charge in [0.25, 0.3) is 0 Å². The first-order valence-corrected chi connectivity index (χ1v) is 10.3. The van der Waals surface area contributed by atoms with Crippen molar-refractivity contribution in [3.8, 4) is 0 Å². The van der Waals surface area contributed by atoms with Crippen LogP contribution >= 0.6 is 30.2 Å². The number of anilines is 1. The Hall–Kier alpha value is -0.730. The van der Waals surface area contributed by atoms with E-state index in [1.54, 1.807) is 0 Å². The van der Waals surface area contributed by atoms with Gasteiger partial charge in [-0.2, -0.15) is 0 Å². The Bertz CT molecular complexity index is 744. The van der Waals surface area contributed by atoms with Gasteiger partial charge in [0.05, 0.1) is 23.7 Å². The second-order valence-electron chi connectivity index (χ2n) is 6.71. The number of rotatable bonds is 4. The Labute approximate surface area is 158 Å². The van der Waals surface area contributed by atoms with Gasteiger partial charge in [-0.15, -0.1) is 30.2 Å². The first kappa shape index (κ1) is 19.0. The van der Waals surface area contributed by atoms with E-state index in [1.165, 1.54) is 15.5 Å². The fourth-order valence-electron chi connectivity index (χ4n) is 2.87. The Morgan fingerprint density at radius 3 is 2.32 bits per heavy atom. The van der Waals surface area contributed by atoms with Crippen LogP contribution in [0.3, 0.4) is 0 Å². The van der Waals surface area contributed by atoms with Crippen molar-refractivity contribution in [1.29, 1.82) is 0 Å². The van der Waals surface area contributed by atoms with E-state index in [4.69, 9.17) is 9.72 Å². The van der Waals surface area contributed by atoms with Crippen LogP contribution in [0.25, 0.3) is 0 Å². The molecule has 2 heterocycles. The van der Waals surface area contributed by atoms with E-state index in [0.29, 0.717) is 0 Å². The minimum absolute atomic E-state index is 0.149. The molecule has 1 saturated heterocycles. The first-order chi connectivity index (χ1) is 11.8. The van der Waals surface area contributed by atoms with E-state index in [1.807, 2.05) is 18.7 Å². The molecule has 0 N–H and O–H groups in total. The molecular formula is C18H25N3OP2S. The average molecular weight is 393 g/mol. The summed E-state index contributed by atoms with van der Waals surface area (Å²) in [4.78, 5) is 12.9. The minimum atomic E-state index is -0.149. The number of aromatic nitrogens is 2. The largest absolute Gasteiger partial charge is 0.378 e. The van der Waals surface area contributed by atoms with Gasteiger partial charge in [-0.05, 0) is 49.6 Å². The van der Waals surface area contributed by atoms with Crippen LogP contribution in [0.5, 0.6) is 0 Å². The van der Waals surface area contributed by atoms with Crippen molar-refractivity contribution in [2.45, 2.75) is 30.4 Å². The van der Waals surface area contributed by atoms with Crippen LogP contribution in [0.15, 0.2) is 29.2 Å². The number of morpholine rings is 1. The molecule has 2 aromatic rings. The highest BCUT2D eigenvalue weighted by Gasteiger charge is 2.26. The molecule has 1 aromatic heterocycles. The van der Waals surface area contributed by atoms with E-state index < -0.39 is 0 Å². The van der Waals surface area contributed by atoms with E-state index in [9.17, 15) is 0 Å². The fraction of sp³-hybridized carbons (Fsp3) is 0.444. The van der Waals surface area contributed by atoms with E-state index in [0.717, 1.165) is 43.6 Å². The first-order valence-electron chi connectivity index (χ1n) is 8.37. The lowest BCUT2D eigenvalue weighted by Crippen LogP contribution is -2.37. The smallest absolute Gasteiger partial charge is 0.132 e. The second-order valence-corrected chi connectivity index (χ2v) is 9.74. The standard InChI is InChI=1S/C18H25N3OP2S/c1-12-19-16(11-17(20-12)21-4-6-22-7-5-21)18(2,3)25-15-9-13(23)8-14(24)10-15/h8-11H,4-7,23-24H2,1-3H3. The van der Waals surface area contributed by atoms with Crippen LogP contribution in [-0.4, -0.2) is 36.3 Å². The molecule has 1 aliphatic rings. The second kappa shape index (κ2) is 7.88. The molecule has 0 amide bonds. The van der Waals surface area contributed by atoms with Crippen LogP contribution in [0, 0.1) is 6.92 Å². The molecule has 3 rings (SSSR count). The van der Waals surface area contributed by atoms with Gasteiger partial charge in [0.1, 0.15) is 11.6 Å². The summed E-state index contributed by atoms with van der Waals surface area (Å²) < 4.78 is 5.31. The molecule has 1 aromatic carbocycles. The molecule has 25 heavy (non-hydrogen) atoms. The normalized spacial score (nSPS) is 15.5. The number of thioether (sulfide) groups is 1. The summed E-state index contributed by atoms with van der Waals surface area (Å²) in [7, 11) is 5.56. The molecule has 0 aliphatic carbocycles. The highest BCUT2D eigenvalue weighted by Crippen LogP contribution is 2.40. The Morgan fingerprint density at radius 2 is 1.68 bits per heavy atom. The molecule has 2 atom stereocenters. The maximum Gasteiger partial charge on any atom is 0.132 e. The van der Waals surface area contributed by atoms with Gasteiger partial charge in [0.2, 0.25) is 0 Å².